The number of nitrogen functional groups attached to an aromatic ring is 1. The number of thioether (sulfide) groups is 1. The third-order valence-electron chi connectivity index (χ3n) is 4.50. The molecule has 1 heterocycles. The van der Waals surface area contributed by atoms with Gasteiger partial charge in [0.25, 0.3) is 5.56 Å². The summed E-state index contributed by atoms with van der Waals surface area (Å²) in [6, 6.07) is 7.13. The summed E-state index contributed by atoms with van der Waals surface area (Å²) in [5.41, 5.74) is 5.60. The lowest BCUT2D eigenvalue weighted by Gasteiger charge is -2.24. The highest BCUT2D eigenvalue weighted by Crippen LogP contribution is 2.23. The maximum atomic E-state index is 13.0. The smallest absolute Gasteiger partial charge is 0.330 e. The van der Waals surface area contributed by atoms with E-state index >= 15 is 0 Å². The predicted molar refractivity (Wildman–Crippen MR) is 125 cm³/mol. The summed E-state index contributed by atoms with van der Waals surface area (Å²) < 4.78 is 1.29. The Hall–Kier alpha value is -3.01. The van der Waals surface area contributed by atoms with Crippen LogP contribution in [-0.2, 0) is 16.1 Å². The van der Waals surface area contributed by atoms with Gasteiger partial charge in [-0.05, 0) is 37.1 Å². The Kier molecular flexibility index (Phi) is 8.92. The molecule has 0 radical (unpaired) electrons. The Bertz CT molecular complexity index is 1030. The van der Waals surface area contributed by atoms with Crippen LogP contribution in [0.1, 0.15) is 40.0 Å². The van der Waals surface area contributed by atoms with Crippen LogP contribution in [0.5, 0.6) is 0 Å². The number of nitrogens with zero attached hydrogens (tertiary/aromatic N) is 2. The molecule has 0 aliphatic heterocycles. The number of carbonyl (C=O) groups excluding carboxylic acids is 2. The van der Waals surface area contributed by atoms with Gasteiger partial charge in [0.1, 0.15) is 5.82 Å². The number of hydrogen-bond acceptors (Lipinski definition) is 6. The first-order valence-electron chi connectivity index (χ1n) is 10.2. The van der Waals surface area contributed by atoms with Crippen molar-refractivity contribution in [1.29, 1.82) is 0 Å². The number of rotatable bonds is 10. The number of nitrogens with two attached hydrogens (primary N) is 1. The average Bonchev–Trinajstić information content (AvgIpc) is 2.72. The van der Waals surface area contributed by atoms with Crippen LogP contribution < -0.4 is 27.2 Å². The van der Waals surface area contributed by atoms with E-state index in [1.165, 1.54) is 28.2 Å². The van der Waals surface area contributed by atoms with Crippen LogP contribution in [0.25, 0.3) is 0 Å². The van der Waals surface area contributed by atoms with E-state index in [2.05, 4.69) is 10.3 Å². The predicted octanol–water partition coefficient (Wildman–Crippen LogP) is 2.41. The summed E-state index contributed by atoms with van der Waals surface area (Å²) in [4.78, 5) is 53.3. The van der Waals surface area contributed by atoms with E-state index in [9.17, 15) is 19.2 Å². The fourth-order valence-corrected chi connectivity index (χ4v) is 3.80. The Labute approximate surface area is 185 Å². The maximum absolute atomic E-state index is 13.0. The van der Waals surface area contributed by atoms with Crippen molar-refractivity contribution in [2.24, 2.45) is 0 Å². The molecule has 2 rings (SSSR count). The lowest BCUT2D eigenvalue weighted by atomic mass is 10.2. The molecule has 0 spiro atoms. The molecule has 2 aromatic rings. The van der Waals surface area contributed by atoms with Gasteiger partial charge in [-0.2, -0.15) is 0 Å². The van der Waals surface area contributed by atoms with Crippen molar-refractivity contribution in [2.75, 3.05) is 28.2 Å². The molecule has 2 amide bonds. The standard InChI is InChI=1S/C21H29N5O4S/c1-4-6-12-25(18-19(22)26(11-5-2)21(30)24-20(18)29)17(28)13-31-16-9-7-15(8-10-16)23-14(3)27/h7-10H,4-6,11-13,22H2,1-3H3,(H,23,27)(H,24,29,30). The van der Waals surface area contributed by atoms with E-state index in [1.807, 2.05) is 26.0 Å². The molecule has 1 aromatic carbocycles. The molecule has 0 saturated carbocycles. The van der Waals surface area contributed by atoms with E-state index in [0.717, 1.165) is 11.3 Å². The van der Waals surface area contributed by atoms with Gasteiger partial charge in [-0.15, -0.1) is 11.8 Å². The SMILES string of the molecule is CCCCN(C(=O)CSc1ccc(NC(C)=O)cc1)c1c(N)n(CCC)c(=O)[nH]c1=O. The third-order valence-corrected chi connectivity index (χ3v) is 5.50. The number of aromatic nitrogens is 2. The molecule has 31 heavy (non-hydrogen) atoms. The molecule has 4 N–H and O–H groups in total. The normalized spacial score (nSPS) is 10.7. The highest BCUT2D eigenvalue weighted by atomic mass is 32.2. The van der Waals surface area contributed by atoms with Gasteiger partial charge in [0.2, 0.25) is 11.8 Å². The van der Waals surface area contributed by atoms with Crippen LogP contribution in [0.3, 0.4) is 0 Å². The molecule has 0 aliphatic rings. The van der Waals surface area contributed by atoms with E-state index < -0.39 is 11.2 Å². The van der Waals surface area contributed by atoms with Gasteiger partial charge in [-0.1, -0.05) is 20.3 Å². The number of hydrogen-bond donors (Lipinski definition) is 3. The van der Waals surface area contributed by atoms with E-state index in [-0.39, 0.29) is 29.1 Å². The van der Waals surface area contributed by atoms with Crippen molar-refractivity contribution in [3.63, 3.8) is 0 Å². The molecule has 0 atom stereocenters. The Morgan fingerprint density at radius 3 is 2.42 bits per heavy atom. The zero-order valence-corrected chi connectivity index (χ0v) is 18.9. The molecular formula is C21H29N5O4S. The molecule has 10 heteroatoms. The van der Waals surface area contributed by atoms with Crippen molar-refractivity contribution in [3.8, 4) is 0 Å². The lowest BCUT2D eigenvalue weighted by Crippen LogP contribution is -2.42. The first-order chi connectivity index (χ1) is 14.8. The summed E-state index contributed by atoms with van der Waals surface area (Å²) in [6.07, 6.45) is 2.17. The molecular weight excluding hydrogens is 418 g/mol. The van der Waals surface area contributed by atoms with Crippen LogP contribution in [0, 0.1) is 0 Å². The van der Waals surface area contributed by atoms with Crippen molar-refractivity contribution >= 4 is 40.8 Å². The minimum absolute atomic E-state index is 0.00436. The van der Waals surface area contributed by atoms with Crippen molar-refractivity contribution < 1.29 is 9.59 Å². The summed E-state index contributed by atoms with van der Waals surface area (Å²) in [7, 11) is 0. The number of benzene rings is 1. The number of aromatic amines is 1. The number of unbranched alkanes of at least 4 members (excludes halogenated alkanes) is 1. The largest absolute Gasteiger partial charge is 0.383 e. The summed E-state index contributed by atoms with van der Waals surface area (Å²) in [5, 5.41) is 2.69. The number of anilines is 3. The van der Waals surface area contributed by atoms with Crippen LogP contribution in [-0.4, -0.2) is 33.7 Å². The summed E-state index contributed by atoms with van der Waals surface area (Å²) in [5.74, 6) is -0.336. The number of carbonyl (C=O) groups is 2. The minimum atomic E-state index is -0.663. The highest BCUT2D eigenvalue weighted by Gasteiger charge is 2.23. The first kappa shape index (κ1) is 24.3. The quantitative estimate of drug-likeness (QED) is 0.480. The van der Waals surface area contributed by atoms with E-state index in [0.29, 0.717) is 31.6 Å². The van der Waals surface area contributed by atoms with Gasteiger partial charge < -0.3 is 16.0 Å². The topological polar surface area (TPSA) is 130 Å². The van der Waals surface area contributed by atoms with Crippen molar-refractivity contribution in [3.05, 3.63) is 45.1 Å². The molecule has 0 unspecified atom stereocenters. The van der Waals surface area contributed by atoms with Crippen LogP contribution >= 0.6 is 11.8 Å². The van der Waals surface area contributed by atoms with Gasteiger partial charge >= 0.3 is 5.69 Å². The summed E-state index contributed by atoms with van der Waals surface area (Å²) >= 11 is 1.32. The van der Waals surface area contributed by atoms with E-state index in [1.54, 1.807) is 12.1 Å². The second kappa shape index (κ2) is 11.4. The first-order valence-corrected chi connectivity index (χ1v) is 11.2. The van der Waals surface area contributed by atoms with Crippen molar-refractivity contribution in [2.45, 2.75) is 51.5 Å². The fourth-order valence-electron chi connectivity index (χ4n) is 3.02. The van der Waals surface area contributed by atoms with Crippen molar-refractivity contribution in [1.82, 2.24) is 9.55 Å². The molecule has 1 aromatic heterocycles. The van der Waals surface area contributed by atoms with E-state index in [4.69, 9.17) is 5.73 Å². The zero-order chi connectivity index (χ0) is 23.0. The molecule has 0 bridgehead atoms. The molecule has 9 nitrogen and oxygen atoms in total. The van der Waals surface area contributed by atoms with Gasteiger partial charge in [0.15, 0.2) is 5.69 Å². The molecule has 0 aliphatic carbocycles. The van der Waals surface area contributed by atoms with Gasteiger partial charge in [-0.25, -0.2) is 4.79 Å². The minimum Gasteiger partial charge on any atom is -0.383 e. The molecule has 0 fully saturated rings. The molecule has 0 saturated heterocycles. The van der Waals surface area contributed by atoms with Gasteiger partial charge in [0.05, 0.1) is 5.75 Å². The Balaban J connectivity index is 2.25. The zero-order valence-electron chi connectivity index (χ0n) is 18.1. The summed E-state index contributed by atoms with van der Waals surface area (Å²) in [6.45, 7) is 5.99. The number of nitrogens with one attached hydrogen (secondary N) is 2. The monoisotopic (exact) mass is 447 g/mol. The third kappa shape index (κ3) is 6.48. The highest BCUT2D eigenvalue weighted by molar-refractivity contribution is 8.00. The van der Waals surface area contributed by atoms with Crippen LogP contribution in [0.4, 0.5) is 17.2 Å². The van der Waals surface area contributed by atoms with Crippen LogP contribution in [0.2, 0.25) is 0 Å². The maximum Gasteiger partial charge on any atom is 0.330 e. The van der Waals surface area contributed by atoms with Crippen LogP contribution in [0.15, 0.2) is 38.8 Å². The fraction of sp³-hybridized carbons (Fsp3) is 0.429. The Morgan fingerprint density at radius 1 is 1.16 bits per heavy atom. The molecule has 168 valence electrons. The van der Waals surface area contributed by atoms with Gasteiger partial charge in [-0.3, -0.25) is 23.9 Å². The average molecular weight is 448 g/mol. The second-order valence-corrected chi connectivity index (χ2v) is 8.09. The number of amides is 2. The Morgan fingerprint density at radius 2 is 1.84 bits per heavy atom. The lowest BCUT2D eigenvalue weighted by molar-refractivity contribution is -0.116. The number of H-pyrrole nitrogens is 1. The second-order valence-electron chi connectivity index (χ2n) is 7.04. The van der Waals surface area contributed by atoms with Gasteiger partial charge in [0, 0.05) is 30.6 Å².